The molecule has 3 atom stereocenters. The van der Waals surface area contributed by atoms with Gasteiger partial charge in [0.25, 0.3) is 0 Å². The van der Waals surface area contributed by atoms with Crippen molar-refractivity contribution in [3.05, 3.63) is 64.8 Å². The van der Waals surface area contributed by atoms with Crippen molar-refractivity contribution >= 4 is 16.9 Å². The lowest BCUT2D eigenvalue weighted by Gasteiger charge is -2.40. The van der Waals surface area contributed by atoms with E-state index in [0.29, 0.717) is 12.2 Å². The van der Waals surface area contributed by atoms with E-state index in [1.807, 2.05) is 18.3 Å². The van der Waals surface area contributed by atoms with Crippen molar-refractivity contribution in [3.8, 4) is 5.75 Å². The number of aromatic nitrogens is 1. The number of benzene rings is 2. The Labute approximate surface area is 199 Å². The van der Waals surface area contributed by atoms with Gasteiger partial charge < -0.3 is 24.3 Å². The van der Waals surface area contributed by atoms with Crippen LogP contribution < -0.4 is 4.74 Å². The van der Waals surface area contributed by atoms with Crippen LogP contribution in [-0.4, -0.2) is 60.0 Å². The maximum Gasteiger partial charge on any atom is 0.335 e. The first kappa shape index (κ1) is 22.9. The molecule has 3 heterocycles. The van der Waals surface area contributed by atoms with Crippen molar-refractivity contribution in [1.82, 2.24) is 9.88 Å². The summed E-state index contributed by atoms with van der Waals surface area (Å²) in [6.45, 7) is 5.15. The summed E-state index contributed by atoms with van der Waals surface area (Å²) < 4.78 is 17.7. The van der Waals surface area contributed by atoms with E-state index in [1.165, 1.54) is 10.9 Å². The second kappa shape index (κ2) is 9.78. The fourth-order valence-electron chi connectivity index (χ4n) is 5.37. The van der Waals surface area contributed by atoms with E-state index in [-0.39, 0.29) is 18.2 Å². The molecule has 0 amide bonds. The minimum atomic E-state index is -0.909. The fourth-order valence-corrected chi connectivity index (χ4v) is 5.37. The van der Waals surface area contributed by atoms with Gasteiger partial charge in [-0.15, -0.1) is 0 Å². The van der Waals surface area contributed by atoms with Gasteiger partial charge in [0.1, 0.15) is 5.75 Å². The molecular weight excluding hydrogens is 432 g/mol. The summed E-state index contributed by atoms with van der Waals surface area (Å²) >= 11 is 0. The quantitative estimate of drug-likeness (QED) is 0.528. The molecule has 0 saturated carbocycles. The number of carboxylic acid groups (broad SMARTS) is 1. The monoisotopic (exact) mass is 464 g/mol. The Bertz CT molecular complexity index is 1150. The highest BCUT2D eigenvalue weighted by atomic mass is 16.5. The summed E-state index contributed by atoms with van der Waals surface area (Å²) in [7, 11) is 1.72. The second-order valence-electron chi connectivity index (χ2n) is 9.32. The zero-order valence-electron chi connectivity index (χ0n) is 19.8. The van der Waals surface area contributed by atoms with Crippen LogP contribution in [0.4, 0.5) is 0 Å². The minimum Gasteiger partial charge on any atom is -0.496 e. The van der Waals surface area contributed by atoms with Gasteiger partial charge in [-0.1, -0.05) is 12.1 Å². The fraction of sp³-hybridized carbons (Fsp3) is 0.444. The molecule has 2 aliphatic rings. The summed E-state index contributed by atoms with van der Waals surface area (Å²) in [6.07, 6.45) is 5.05. The number of aryl methyl sites for hydroxylation is 1. The SMILES string of the molecule is COc1cc(C)c2[nH]ccc2c1CN1CCC(OC2CCOC2)CC1c1ccc(C(=O)O)cc1. The van der Waals surface area contributed by atoms with E-state index < -0.39 is 5.97 Å². The molecule has 180 valence electrons. The number of carboxylic acids is 1. The Balaban J connectivity index is 1.45. The zero-order valence-corrected chi connectivity index (χ0v) is 19.8. The smallest absolute Gasteiger partial charge is 0.335 e. The topological polar surface area (TPSA) is 84.0 Å². The lowest BCUT2D eigenvalue weighted by molar-refractivity contribution is -0.0608. The molecule has 3 aromatic rings. The van der Waals surface area contributed by atoms with Crippen molar-refractivity contribution in [2.24, 2.45) is 0 Å². The molecular formula is C27H32N2O5. The summed E-state index contributed by atoms with van der Waals surface area (Å²) in [5.41, 5.74) is 4.87. The van der Waals surface area contributed by atoms with Gasteiger partial charge in [0, 0.05) is 48.4 Å². The predicted molar refractivity (Wildman–Crippen MR) is 129 cm³/mol. The van der Waals surface area contributed by atoms with Gasteiger partial charge in [-0.25, -0.2) is 4.79 Å². The number of rotatable bonds is 7. The number of ether oxygens (including phenoxy) is 3. The van der Waals surface area contributed by atoms with Gasteiger partial charge >= 0.3 is 5.97 Å². The number of likely N-dealkylation sites (tertiary alicyclic amines) is 1. The van der Waals surface area contributed by atoms with Crippen LogP contribution in [0.15, 0.2) is 42.6 Å². The third-order valence-electron chi connectivity index (χ3n) is 7.17. The van der Waals surface area contributed by atoms with Crippen LogP contribution in [0.3, 0.4) is 0 Å². The van der Waals surface area contributed by atoms with Crippen molar-refractivity contribution in [3.63, 3.8) is 0 Å². The highest BCUT2D eigenvalue weighted by Gasteiger charge is 2.33. The van der Waals surface area contributed by atoms with E-state index in [0.717, 1.165) is 61.4 Å². The van der Waals surface area contributed by atoms with Crippen LogP contribution in [0.5, 0.6) is 5.75 Å². The van der Waals surface area contributed by atoms with Crippen LogP contribution >= 0.6 is 0 Å². The Morgan fingerprint density at radius 1 is 1.21 bits per heavy atom. The number of nitrogens with zero attached hydrogens (tertiary/aromatic N) is 1. The Hall–Kier alpha value is -2.87. The normalized spacial score (nSPS) is 23.4. The lowest BCUT2D eigenvalue weighted by Crippen LogP contribution is -2.40. The van der Waals surface area contributed by atoms with Crippen molar-refractivity contribution in [1.29, 1.82) is 0 Å². The molecule has 2 saturated heterocycles. The molecule has 0 spiro atoms. The third-order valence-corrected chi connectivity index (χ3v) is 7.17. The number of piperidine rings is 1. The summed E-state index contributed by atoms with van der Waals surface area (Å²) in [5.74, 6) is -0.0141. The number of aromatic amines is 1. The maximum absolute atomic E-state index is 11.4. The minimum absolute atomic E-state index is 0.115. The third kappa shape index (κ3) is 4.56. The van der Waals surface area contributed by atoms with E-state index in [1.54, 1.807) is 19.2 Å². The van der Waals surface area contributed by atoms with Gasteiger partial charge in [0.2, 0.25) is 0 Å². The van der Waals surface area contributed by atoms with Crippen LogP contribution in [0.2, 0.25) is 0 Å². The second-order valence-corrected chi connectivity index (χ2v) is 9.32. The van der Waals surface area contributed by atoms with Gasteiger partial charge in [-0.2, -0.15) is 0 Å². The van der Waals surface area contributed by atoms with Gasteiger partial charge in [0.05, 0.1) is 31.5 Å². The van der Waals surface area contributed by atoms with Gasteiger partial charge in [-0.3, -0.25) is 4.90 Å². The van der Waals surface area contributed by atoms with E-state index in [4.69, 9.17) is 14.2 Å². The number of carbonyl (C=O) groups is 1. The molecule has 2 aromatic carbocycles. The van der Waals surface area contributed by atoms with Crippen molar-refractivity contribution in [2.45, 2.75) is 51.0 Å². The molecule has 7 nitrogen and oxygen atoms in total. The number of hydrogen-bond acceptors (Lipinski definition) is 5. The standard InChI is InChI=1S/C27H32N2O5/c1-17-13-25(32-2)23(22-7-10-28-26(17)22)15-29-11-8-20(34-21-9-12-33-16-21)14-24(29)18-3-5-19(6-4-18)27(30)31/h3-7,10,13,20-21,24,28H,8-9,11-12,14-16H2,1-2H3,(H,30,31). The first-order chi connectivity index (χ1) is 16.5. The molecule has 1 aromatic heterocycles. The van der Waals surface area contributed by atoms with Gasteiger partial charge in [-0.05, 0) is 61.6 Å². The first-order valence-corrected chi connectivity index (χ1v) is 12.0. The average Bonchev–Trinajstić information content (AvgIpc) is 3.54. The van der Waals surface area contributed by atoms with E-state index in [2.05, 4.69) is 28.9 Å². The number of hydrogen-bond donors (Lipinski definition) is 2. The number of methoxy groups -OCH3 is 1. The van der Waals surface area contributed by atoms with Crippen LogP contribution in [0.1, 0.15) is 52.4 Å². The molecule has 0 aliphatic carbocycles. The van der Waals surface area contributed by atoms with Crippen LogP contribution in [-0.2, 0) is 16.0 Å². The molecule has 34 heavy (non-hydrogen) atoms. The Morgan fingerprint density at radius 2 is 2.03 bits per heavy atom. The van der Waals surface area contributed by atoms with Crippen molar-refractivity contribution < 1.29 is 24.1 Å². The number of nitrogens with one attached hydrogen (secondary N) is 1. The summed E-state index contributed by atoms with van der Waals surface area (Å²) in [4.78, 5) is 17.2. The molecule has 2 N–H and O–H groups in total. The lowest BCUT2D eigenvalue weighted by atomic mass is 9.91. The van der Waals surface area contributed by atoms with Gasteiger partial charge in [0.15, 0.2) is 0 Å². The number of H-pyrrole nitrogens is 1. The largest absolute Gasteiger partial charge is 0.496 e. The molecule has 2 aliphatic heterocycles. The van der Waals surface area contributed by atoms with Crippen LogP contribution in [0, 0.1) is 6.92 Å². The number of aromatic carboxylic acids is 1. The zero-order chi connectivity index (χ0) is 23.7. The summed E-state index contributed by atoms with van der Waals surface area (Å²) in [5, 5.41) is 10.5. The Kier molecular flexibility index (Phi) is 6.59. The highest BCUT2D eigenvalue weighted by molar-refractivity contribution is 5.88. The molecule has 3 unspecified atom stereocenters. The molecule has 2 fully saturated rings. The number of fused-ring (bicyclic) bond motifs is 1. The van der Waals surface area contributed by atoms with Crippen molar-refractivity contribution in [2.75, 3.05) is 26.9 Å². The van der Waals surface area contributed by atoms with Crippen LogP contribution in [0.25, 0.3) is 10.9 Å². The van der Waals surface area contributed by atoms with E-state index >= 15 is 0 Å². The molecule has 5 rings (SSSR count). The predicted octanol–water partition coefficient (Wildman–Crippen LogP) is 4.69. The van der Waals surface area contributed by atoms with E-state index in [9.17, 15) is 9.90 Å². The molecule has 0 radical (unpaired) electrons. The highest BCUT2D eigenvalue weighted by Crippen LogP contribution is 2.38. The molecule has 7 heteroatoms. The Morgan fingerprint density at radius 3 is 2.74 bits per heavy atom. The molecule has 0 bridgehead atoms. The average molecular weight is 465 g/mol. The summed E-state index contributed by atoms with van der Waals surface area (Å²) in [6, 6.07) is 11.6. The first-order valence-electron chi connectivity index (χ1n) is 12.0. The maximum atomic E-state index is 11.4.